The van der Waals surface area contributed by atoms with Gasteiger partial charge in [-0.25, -0.2) is 0 Å². The zero-order chi connectivity index (χ0) is 18.4. The Morgan fingerprint density at radius 1 is 1.24 bits per heavy atom. The number of aliphatic hydroxyl groups excluding tert-OH is 2. The van der Waals surface area contributed by atoms with Crippen molar-refractivity contribution >= 4 is 12.0 Å². The molecule has 2 N–H and O–H groups in total. The molecule has 3 atom stereocenters. The van der Waals surface area contributed by atoms with Gasteiger partial charge in [0.25, 0.3) is 0 Å². The molecular weight excluding hydrogens is 326 g/mol. The third-order valence-corrected chi connectivity index (χ3v) is 4.18. The van der Waals surface area contributed by atoms with Crippen LogP contribution in [0.4, 0.5) is 0 Å². The van der Waals surface area contributed by atoms with E-state index in [0.29, 0.717) is 18.0 Å². The molecule has 0 saturated carbocycles. The van der Waals surface area contributed by atoms with Gasteiger partial charge in [-0.15, -0.1) is 0 Å². The minimum atomic E-state index is -1.03. The lowest BCUT2D eigenvalue weighted by Gasteiger charge is -2.38. The molecule has 0 radical (unpaired) electrons. The van der Waals surface area contributed by atoms with E-state index in [4.69, 9.17) is 14.2 Å². The first-order valence-electron chi connectivity index (χ1n) is 8.15. The van der Waals surface area contributed by atoms with Crippen molar-refractivity contribution in [3.63, 3.8) is 0 Å². The average Bonchev–Trinajstić information content (AvgIpc) is 2.63. The molecule has 0 aromatic heterocycles. The molecule has 1 saturated heterocycles. The molecule has 25 heavy (non-hydrogen) atoms. The maximum absolute atomic E-state index is 12.5. The molecule has 0 unspecified atom stereocenters. The highest BCUT2D eigenvalue weighted by Gasteiger charge is 2.36. The van der Waals surface area contributed by atoms with Gasteiger partial charge in [-0.05, 0) is 30.7 Å². The Morgan fingerprint density at radius 2 is 1.88 bits per heavy atom. The van der Waals surface area contributed by atoms with Gasteiger partial charge in [-0.1, -0.05) is 0 Å². The van der Waals surface area contributed by atoms with Crippen molar-refractivity contribution in [1.29, 1.82) is 0 Å². The Labute approximate surface area is 147 Å². The molecule has 1 heterocycles. The largest absolute Gasteiger partial charge is 0.497 e. The summed E-state index contributed by atoms with van der Waals surface area (Å²) in [4.78, 5) is 14.0. The Hall–Kier alpha value is -2.09. The minimum Gasteiger partial charge on any atom is -0.497 e. The number of hydrogen-bond acceptors (Lipinski definition) is 6. The Balaban J connectivity index is 2.15. The molecule has 1 aliphatic rings. The van der Waals surface area contributed by atoms with Crippen molar-refractivity contribution in [3.8, 4) is 11.5 Å². The van der Waals surface area contributed by atoms with Gasteiger partial charge in [0.2, 0.25) is 5.91 Å². The third-order valence-electron chi connectivity index (χ3n) is 4.18. The lowest BCUT2D eigenvalue weighted by molar-refractivity contribution is -0.151. The fourth-order valence-corrected chi connectivity index (χ4v) is 2.78. The quantitative estimate of drug-likeness (QED) is 0.733. The maximum Gasteiger partial charge on any atom is 0.246 e. The number of nitrogens with zero attached hydrogens (tertiary/aromatic N) is 1. The van der Waals surface area contributed by atoms with Crippen LogP contribution in [-0.2, 0) is 9.53 Å². The van der Waals surface area contributed by atoms with Crippen molar-refractivity contribution in [2.75, 3.05) is 34.0 Å². The summed E-state index contributed by atoms with van der Waals surface area (Å²) < 4.78 is 15.7. The summed E-state index contributed by atoms with van der Waals surface area (Å²) in [5, 5.41) is 19.9. The van der Waals surface area contributed by atoms with Gasteiger partial charge in [-0.2, -0.15) is 0 Å². The van der Waals surface area contributed by atoms with Crippen molar-refractivity contribution < 1.29 is 29.2 Å². The zero-order valence-corrected chi connectivity index (χ0v) is 14.7. The predicted octanol–water partition coefficient (Wildman–Crippen LogP) is 0.686. The number of hydrogen-bond donors (Lipinski definition) is 2. The highest BCUT2D eigenvalue weighted by Crippen LogP contribution is 2.23. The number of ether oxygens (including phenoxy) is 3. The number of carbonyl (C=O) groups excluding carboxylic acids is 1. The molecule has 1 amide bonds. The summed E-state index contributed by atoms with van der Waals surface area (Å²) in [5.74, 6) is 0.974. The van der Waals surface area contributed by atoms with Gasteiger partial charge in [0.05, 0.1) is 33.5 Å². The molecule has 0 spiro atoms. The van der Waals surface area contributed by atoms with Crippen molar-refractivity contribution in [3.05, 3.63) is 29.8 Å². The number of benzene rings is 1. The van der Waals surface area contributed by atoms with Crippen molar-refractivity contribution in [2.24, 2.45) is 0 Å². The lowest BCUT2D eigenvalue weighted by atomic mass is 10.0. The summed E-state index contributed by atoms with van der Waals surface area (Å²) in [7, 11) is 3.12. The van der Waals surface area contributed by atoms with Crippen LogP contribution in [0.5, 0.6) is 11.5 Å². The van der Waals surface area contributed by atoms with Crippen LogP contribution in [-0.4, -0.2) is 73.2 Å². The first-order valence-corrected chi connectivity index (χ1v) is 8.15. The van der Waals surface area contributed by atoms with E-state index in [1.807, 2.05) is 6.92 Å². The van der Waals surface area contributed by atoms with Gasteiger partial charge in [0.1, 0.15) is 23.7 Å². The predicted molar refractivity (Wildman–Crippen MR) is 92.6 cm³/mol. The number of rotatable bonds is 6. The minimum absolute atomic E-state index is 0.0723. The Kier molecular flexibility index (Phi) is 6.81. The first kappa shape index (κ1) is 19.2. The third kappa shape index (κ3) is 4.72. The fourth-order valence-electron chi connectivity index (χ4n) is 2.78. The molecule has 1 fully saturated rings. The van der Waals surface area contributed by atoms with Crippen LogP contribution in [0.2, 0.25) is 0 Å². The molecule has 1 aromatic rings. The number of methoxy groups -OCH3 is 2. The van der Waals surface area contributed by atoms with Crippen LogP contribution in [0.15, 0.2) is 24.3 Å². The fraction of sp³-hybridized carbons (Fsp3) is 0.500. The zero-order valence-electron chi connectivity index (χ0n) is 14.7. The highest BCUT2D eigenvalue weighted by molar-refractivity contribution is 5.92. The monoisotopic (exact) mass is 351 g/mol. The van der Waals surface area contributed by atoms with Crippen molar-refractivity contribution in [1.82, 2.24) is 4.90 Å². The van der Waals surface area contributed by atoms with Crippen molar-refractivity contribution in [2.45, 2.75) is 25.2 Å². The summed E-state index contributed by atoms with van der Waals surface area (Å²) >= 11 is 0. The van der Waals surface area contributed by atoms with E-state index in [0.717, 1.165) is 5.56 Å². The average molecular weight is 351 g/mol. The molecule has 0 aliphatic carbocycles. The number of aliphatic hydroxyl groups is 2. The second kappa shape index (κ2) is 8.84. The van der Waals surface area contributed by atoms with Crippen LogP contribution in [0.25, 0.3) is 6.08 Å². The smallest absolute Gasteiger partial charge is 0.246 e. The van der Waals surface area contributed by atoms with Crippen LogP contribution < -0.4 is 9.47 Å². The molecule has 138 valence electrons. The first-order chi connectivity index (χ1) is 12.0. The molecule has 7 heteroatoms. The molecule has 1 aromatic carbocycles. The van der Waals surface area contributed by atoms with E-state index in [1.54, 1.807) is 38.5 Å². The number of likely N-dealkylation sites (N-methyl/N-ethyl adjacent to an activating group) is 1. The Bertz CT molecular complexity index is 595. The second-order valence-corrected chi connectivity index (χ2v) is 5.77. The Morgan fingerprint density at radius 3 is 2.44 bits per heavy atom. The number of amides is 1. The standard InChI is InChI=1S/C18H25NO6/c1-4-19(15-10-25-11-16(20)18(15)22)17(21)6-5-12-7-13(23-2)9-14(8-12)24-3/h5-9,15-16,18,20,22H,4,10-11H2,1-3H3/b6-5+/t15-,16-,18+/m1/s1. The summed E-state index contributed by atoms with van der Waals surface area (Å²) in [6.07, 6.45) is 1.06. The highest BCUT2D eigenvalue weighted by atomic mass is 16.5. The molecule has 2 rings (SSSR count). The van der Waals surface area contributed by atoms with E-state index in [1.165, 1.54) is 11.0 Å². The van der Waals surface area contributed by atoms with E-state index < -0.39 is 18.2 Å². The SMILES string of the molecule is CCN(C(=O)/C=C/c1cc(OC)cc(OC)c1)[C@@H]1COC[C@@H](O)[C@H]1O. The van der Waals surface area contributed by atoms with Gasteiger partial charge in [-0.3, -0.25) is 4.79 Å². The summed E-state index contributed by atoms with van der Waals surface area (Å²) in [6.45, 7) is 2.47. The topological polar surface area (TPSA) is 88.5 Å². The van der Waals surface area contributed by atoms with Crippen LogP contribution >= 0.6 is 0 Å². The summed E-state index contributed by atoms with van der Waals surface area (Å²) in [6, 6.07) is 4.73. The lowest BCUT2D eigenvalue weighted by Crippen LogP contribution is -2.57. The van der Waals surface area contributed by atoms with Crippen LogP contribution in [0.1, 0.15) is 12.5 Å². The van der Waals surface area contributed by atoms with Crippen LogP contribution in [0.3, 0.4) is 0 Å². The molecule has 0 bridgehead atoms. The number of carbonyl (C=O) groups is 1. The van der Waals surface area contributed by atoms with Gasteiger partial charge < -0.3 is 29.3 Å². The van der Waals surface area contributed by atoms with E-state index in [9.17, 15) is 15.0 Å². The van der Waals surface area contributed by atoms with E-state index in [-0.39, 0.29) is 19.1 Å². The molecule has 7 nitrogen and oxygen atoms in total. The maximum atomic E-state index is 12.5. The second-order valence-electron chi connectivity index (χ2n) is 5.77. The molecule has 1 aliphatic heterocycles. The van der Waals surface area contributed by atoms with Gasteiger partial charge >= 0.3 is 0 Å². The van der Waals surface area contributed by atoms with Gasteiger partial charge in [0.15, 0.2) is 0 Å². The summed E-state index contributed by atoms with van der Waals surface area (Å²) in [5.41, 5.74) is 0.751. The van der Waals surface area contributed by atoms with E-state index in [2.05, 4.69) is 0 Å². The van der Waals surface area contributed by atoms with Crippen LogP contribution in [0, 0.1) is 0 Å². The normalized spacial score (nSPS) is 23.5. The molecular formula is C18H25NO6. The van der Waals surface area contributed by atoms with E-state index >= 15 is 0 Å². The van der Waals surface area contributed by atoms with Gasteiger partial charge in [0, 0.05) is 18.7 Å².